The van der Waals surface area contributed by atoms with Crippen LogP contribution in [-0.2, 0) is 9.57 Å². The van der Waals surface area contributed by atoms with Gasteiger partial charge in [-0.2, -0.15) is 19.9 Å². The van der Waals surface area contributed by atoms with E-state index in [4.69, 9.17) is 9.57 Å². The number of nitrogens with zero attached hydrogens (tertiary/aromatic N) is 7. The van der Waals surface area contributed by atoms with Gasteiger partial charge in [-0.25, -0.2) is 14.3 Å². The van der Waals surface area contributed by atoms with Crippen LogP contribution in [0.2, 0.25) is 0 Å². The molecule has 180 valence electrons. The molecule has 2 aliphatic rings. The van der Waals surface area contributed by atoms with Gasteiger partial charge in [-0.3, -0.25) is 14.8 Å². The van der Waals surface area contributed by atoms with Crippen LogP contribution in [0.3, 0.4) is 0 Å². The van der Waals surface area contributed by atoms with Gasteiger partial charge in [-0.1, -0.05) is 6.08 Å². The van der Waals surface area contributed by atoms with Crippen molar-refractivity contribution in [3.05, 3.63) is 49.0 Å². The van der Waals surface area contributed by atoms with Crippen molar-refractivity contribution in [1.29, 1.82) is 0 Å². The summed E-state index contributed by atoms with van der Waals surface area (Å²) in [4.78, 5) is 44.3. The summed E-state index contributed by atoms with van der Waals surface area (Å²) in [5, 5.41) is 20.1. The number of carbonyl (C=O) groups is 3. The highest BCUT2D eigenvalue weighted by atomic mass is 16.7. The first kappa shape index (κ1) is 23.2. The van der Waals surface area contributed by atoms with Crippen LogP contribution in [0, 0.1) is 0 Å². The third-order valence-electron chi connectivity index (χ3n) is 4.90. The standard InChI is InChI=1S/C21H25N7O6/c1-5-10-33-28-15-11-14(12-24(13-15)19(28)30)25-8-6-16(22-25)18(29)27(32)17-7-9-26(23-17)20(31)34-21(2,3)4/h5-9,11,15,32H,1,10,12-13H2,2-4H3. The van der Waals surface area contributed by atoms with Crippen LogP contribution in [0.25, 0.3) is 5.70 Å². The molecule has 13 nitrogen and oxygen atoms in total. The van der Waals surface area contributed by atoms with Crippen LogP contribution in [0.4, 0.5) is 15.4 Å². The first-order chi connectivity index (χ1) is 16.1. The third kappa shape index (κ3) is 4.56. The molecule has 0 saturated carbocycles. The van der Waals surface area contributed by atoms with E-state index in [0.717, 1.165) is 4.68 Å². The second kappa shape index (κ2) is 8.76. The van der Waals surface area contributed by atoms with Crippen molar-refractivity contribution in [1.82, 2.24) is 29.5 Å². The van der Waals surface area contributed by atoms with Gasteiger partial charge in [0.05, 0.1) is 24.9 Å². The zero-order valence-electron chi connectivity index (χ0n) is 19.0. The molecule has 2 bridgehead atoms. The van der Waals surface area contributed by atoms with Crippen LogP contribution < -0.4 is 5.06 Å². The summed E-state index contributed by atoms with van der Waals surface area (Å²) in [6.07, 6.45) is 5.46. The molecule has 1 N–H and O–H groups in total. The lowest BCUT2D eigenvalue weighted by molar-refractivity contribution is -0.107. The minimum absolute atomic E-state index is 0.0609. The minimum atomic E-state index is -0.847. The van der Waals surface area contributed by atoms with E-state index in [2.05, 4.69) is 16.8 Å². The number of aromatic nitrogens is 4. The zero-order valence-corrected chi connectivity index (χ0v) is 19.0. The summed E-state index contributed by atoms with van der Waals surface area (Å²) in [7, 11) is 0. The number of anilines is 1. The molecule has 34 heavy (non-hydrogen) atoms. The largest absolute Gasteiger partial charge is 0.442 e. The second-order valence-corrected chi connectivity index (χ2v) is 8.66. The molecule has 2 aromatic rings. The van der Waals surface area contributed by atoms with E-state index in [1.165, 1.54) is 28.1 Å². The zero-order chi connectivity index (χ0) is 24.6. The Morgan fingerprint density at radius 2 is 2.06 bits per heavy atom. The lowest BCUT2D eigenvalue weighted by atomic mass is 10.2. The molecule has 1 atom stereocenters. The van der Waals surface area contributed by atoms with Crippen molar-refractivity contribution in [2.24, 2.45) is 0 Å². The van der Waals surface area contributed by atoms with E-state index < -0.39 is 17.6 Å². The Balaban J connectivity index is 1.46. The van der Waals surface area contributed by atoms with E-state index in [1.54, 1.807) is 37.9 Å². The van der Waals surface area contributed by atoms with Crippen molar-refractivity contribution >= 4 is 29.5 Å². The molecule has 2 aromatic heterocycles. The Kier molecular flexibility index (Phi) is 5.98. The highest BCUT2D eigenvalue weighted by molar-refractivity contribution is 6.02. The molecule has 0 aromatic carbocycles. The average Bonchev–Trinajstić information content (AvgIpc) is 3.50. The molecule has 2 aliphatic heterocycles. The van der Waals surface area contributed by atoms with Gasteiger partial charge in [0.1, 0.15) is 5.60 Å². The highest BCUT2D eigenvalue weighted by Crippen LogP contribution is 2.26. The molecule has 4 heterocycles. The Morgan fingerprint density at radius 3 is 2.76 bits per heavy atom. The molecule has 4 rings (SSSR count). The maximum Gasteiger partial charge on any atom is 0.435 e. The number of rotatable bonds is 6. The molecule has 0 radical (unpaired) electrons. The molecule has 1 fully saturated rings. The van der Waals surface area contributed by atoms with Crippen molar-refractivity contribution in [2.75, 3.05) is 24.8 Å². The molecular weight excluding hydrogens is 446 g/mol. The predicted molar refractivity (Wildman–Crippen MR) is 118 cm³/mol. The number of ether oxygens (including phenoxy) is 1. The third-order valence-corrected chi connectivity index (χ3v) is 4.90. The summed E-state index contributed by atoms with van der Waals surface area (Å²) < 4.78 is 7.54. The molecule has 0 aliphatic carbocycles. The summed E-state index contributed by atoms with van der Waals surface area (Å²) in [5.41, 5.74) is -0.116. The quantitative estimate of drug-likeness (QED) is 0.384. The van der Waals surface area contributed by atoms with Gasteiger partial charge in [0.25, 0.3) is 0 Å². The van der Waals surface area contributed by atoms with E-state index in [1.807, 2.05) is 6.08 Å². The maximum atomic E-state index is 12.7. The van der Waals surface area contributed by atoms with Gasteiger partial charge < -0.3 is 9.64 Å². The van der Waals surface area contributed by atoms with Crippen LogP contribution in [-0.4, -0.2) is 84.1 Å². The molecular formula is C21H25N7O6. The van der Waals surface area contributed by atoms with Crippen molar-refractivity contribution in [2.45, 2.75) is 32.4 Å². The van der Waals surface area contributed by atoms with Crippen molar-refractivity contribution in [3.63, 3.8) is 0 Å². The Bertz CT molecular complexity index is 1160. The van der Waals surface area contributed by atoms with Gasteiger partial charge in [-0.15, -0.1) is 11.7 Å². The van der Waals surface area contributed by atoms with Gasteiger partial charge >= 0.3 is 18.0 Å². The maximum absolute atomic E-state index is 12.7. The van der Waals surface area contributed by atoms with Crippen LogP contribution in [0.5, 0.6) is 0 Å². The van der Waals surface area contributed by atoms with Gasteiger partial charge in [0, 0.05) is 25.0 Å². The number of hydrogen-bond acceptors (Lipinski definition) is 8. The van der Waals surface area contributed by atoms with E-state index in [9.17, 15) is 19.6 Å². The van der Waals surface area contributed by atoms with Crippen LogP contribution in [0.1, 0.15) is 31.3 Å². The normalized spacial score (nSPS) is 17.6. The molecule has 1 saturated heterocycles. The fourth-order valence-electron chi connectivity index (χ4n) is 3.46. The molecule has 0 spiro atoms. The summed E-state index contributed by atoms with van der Waals surface area (Å²) >= 11 is 0. The average molecular weight is 471 g/mol. The van der Waals surface area contributed by atoms with Crippen molar-refractivity contribution < 1.29 is 29.2 Å². The van der Waals surface area contributed by atoms with Gasteiger partial charge in [0.15, 0.2) is 11.5 Å². The first-order valence-corrected chi connectivity index (χ1v) is 10.5. The molecule has 3 amide bonds. The van der Waals surface area contributed by atoms with E-state index >= 15 is 0 Å². The Labute approximate surface area is 194 Å². The lowest BCUT2D eigenvalue weighted by Gasteiger charge is -2.21. The second-order valence-electron chi connectivity index (χ2n) is 8.66. The van der Waals surface area contributed by atoms with E-state index in [0.29, 0.717) is 17.3 Å². The number of hydrogen-bond donors (Lipinski definition) is 1. The number of hydroxylamine groups is 3. The molecule has 13 heteroatoms. The molecule has 1 unspecified atom stereocenters. The van der Waals surface area contributed by atoms with E-state index in [-0.39, 0.29) is 36.7 Å². The number of carbonyl (C=O) groups excluding carboxylic acids is 3. The van der Waals surface area contributed by atoms with Gasteiger partial charge in [0.2, 0.25) is 0 Å². The number of amides is 3. The minimum Gasteiger partial charge on any atom is -0.442 e. The monoisotopic (exact) mass is 471 g/mol. The van der Waals surface area contributed by atoms with Crippen LogP contribution in [0.15, 0.2) is 43.3 Å². The summed E-state index contributed by atoms with van der Waals surface area (Å²) in [6.45, 7) is 9.67. The number of fused-ring (bicyclic) bond motifs is 2. The number of urea groups is 1. The first-order valence-electron chi connectivity index (χ1n) is 10.5. The van der Waals surface area contributed by atoms with Crippen LogP contribution >= 0.6 is 0 Å². The van der Waals surface area contributed by atoms with Crippen molar-refractivity contribution in [3.8, 4) is 0 Å². The van der Waals surface area contributed by atoms with Gasteiger partial charge in [-0.05, 0) is 32.9 Å². The predicted octanol–water partition coefficient (Wildman–Crippen LogP) is 1.98. The smallest absolute Gasteiger partial charge is 0.435 e. The summed E-state index contributed by atoms with van der Waals surface area (Å²) in [5.74, 6) is -1.02. The topological polar surface area (TPSA) is 135 Å². The highest BCUT2D eigenvalue weighted by Gasteiger charge is 2.41. The fourth-order valence-corrected chi connectivity index (χ4v) is 3.46. The summed E-state index contributed by atoms with van der Waals surface area (Å²) in [6, 6.07) is 2.16. The fraction of sp³-hybridized carbons (Fsp3) is 0.381. The lowest BCUT2D eigenvalue weighted by Crippen LogP contribution is -2.33. The Hall–Kier alpha value is -3.97. The Morgan fingerprint density at radius 1 is 1.29 bits per heavy atom. The SMILES string of the molecule is C=CCON1C(=O)N2CC(n3ccc(C(=O)N(O)c4ccn(C(=O)OC(C)(C)C)n4)n3)=CC1C2.